The zero-order chi connectivity index (χ0) is 10.9. The monoisotopic (exact) mass is 245 g/mol. The molecule has 0 saturated heterocycles. The minimum absolute atomic E-state index is 0.150. The highest BCUT2D eigenvalue weighted by Gasteiger charge is 2.37. The van der Waals surface area contributed by atoms with E-state index >= 15 is 0 Å². The van der Waals surface area contributed by atoms with Gasteiger partial charge in [0.25, 0.3) is 0 Å². The van der Waals surface area contributed by atoms with Crippen LogP contribution in [0, 0.1) is 5.92 Å². The van der Waals surface area contributed by atoms with Crippen LogP contribution in [0.3, 0.4) is 0 Å². The summed E-state index contributed by atoms with van der Waals surface area (Å²) in [7, 11) is -3.12. The van der Waals surface area contributed by atoms with Gasteiger partial charge in [-0.2, -0.15) is 0 Å². The van der Waals surface area contributed by atoms with E-state index in [1.54, 1.807) is 17.5 Å². The lowest BCUT2D eigenvalue weighted by Gasteiger charge is -2.17. The molecule has 0 aromatic carbocycles. The Balaban J connectivity index is 2.30. The number of rotatable bonds is 3. The maximum atomic E-state index is 12.2. The lowest BCUT2D eigenvalue weighted by Crippen LogP contribution is -2.29. The number of sulfone groups is 1. The predicted molar refractivity (Wildman–Crippen MR) is 61.7 cm³/mol. The third-order valence-corrected chi connectivity index (χ3v) is 6.83. The van der Waals surface area contributed by atoms with E-state index in [0.29, 0.717) is 10.8 Å². The molecule has 2 unspecified atom stereocenters. The first-order valence-corrected chi connectivity index (χ1v) is 7.56. The number of hydrogen-bond donors (Lipinski definition) is 1. The van der Waals surface area contributed by atoms with Crippen LogP contribution >= 0.6 is 11.3 Å². The van der Waals surface area contributed by atoms with E-state index in [1.807, 2.05) is 0 Å². The molecular weight excluding hydrogens is 230 g/mol. The molecule has 84 valence electrons. The van der Waals surface area contributed by atoms with Crippen LogP contribution in [0.2, 0.25) is 0 Å². The first-order valence-electron chi connectivity index (χ1n) is 5.13. The van der Waals surface area contributed by atoms with Crippen molar-refractivity contribution < 1.29 is 8.42 Å². The highest BCUT2D eigenvalue weighted by Crippen LogP contribution is 2.35. The van der Waals surface area contributed by atoms with Crippen LogP contribution in [0.5, 0.6) is 0 Å². The van der Waals surface area contributed by atoms with Crippen LogP contribution in [-0.4, -0.2) is 20.2 Å². The molecule has 0 aliphatic heterocycles. The van der Waals surface area contributed by atoms with E-state index < -0.39 is 9.84 Å². The highest BCUT2D eigenvalue weighted by molar-refractivity contribution is 7.94. The Kier molecular flexibility index (Phi) is 3.13. The van der Waals surface area contributed by atoms with Gasteiger partial charge in [0.2, 0.25) is 0 Å². The van der Waals surface area contributed by atoms with Gasteiger partial charge in [-0.05, 0) is 36.8 Å². The van der Waals surface area contributed by atoms with E-state index in [4.69, 9.17) is 5.73 Å². The van der Waals surface area contributed by atoms with Crippen LogP contribution in [0.1, 0.15) is 19.3 Å². The molecule has 2 rings (SSSR count). The summed E-state index contributed by atoms with van der Waals surface area (Å²) in [6.45, 7) is 0.481. The molecule has 0 radical (unpaired) electrons. The second-order valence-corrected chi connectivity index (χ2v) is 7.28. The molecule has 2 N–H and O–H groups in total. The fourth-order valence-corrected chi connectivity index (χ4v) is 5.58. The van der Waals surface area contributed by atoms with Crippen molar-refractivity contribution in [1.82, 2.24) is 0 Å². The van der Waals surface area contributed by atoms with Gasteiger partial charge in [0.1, 0.15) is 4.21 Å². The molecule has 1 aromatic rings. The molecule has 3 nitrogen and oxygen atoms in total. The van der Waals surface area contributed by atoms with Gasteiger partial charge in [-0.15, -0.1) is 11.3 Å². The molecule has 0 bridgehead atoms. The van der Waals surface area contributed by atoms with Crippen molar-refractivity contribution in [3.63, 3.8) is 0 Å². The SMILES string of the molecule is NCC1CCCC1S(=O)(=O)c1cccs1. The Labute approximate surface area is 94.2 Å². The van der Waals surface area contributed by atoms with Crippen LogP contribution in [0.4, 0.5) is 0 Å². The maximum Gasteiger partial charge on any atom is 0.190 e. The van der Waals surface area contributed by atoms with Gasteiger partial charge < -0.3 is 5.73 Å². The van der Waals surface area contributed by atoms with Crippen LogP contribution in [0.25, 0.3) is 0 Å². The summed E-state index contributed by atoms with van der Waals surface area (Å²) in [5.41, 5.74) is 5.61. The van der Waals surface area contributed by atoms with Gasteiger partial charge in [0.15, 0.2) is 9.84 Å². The summed E-state index contributed by atoms with van der Waals surface area (Å²) in [6, 6.07) is 3.47. The lowest BCUT2D eigenvalue weighted by molar-refractivity contribution is 0.525. The average Bonchev–Trinajstić information content (AvgIpc) is 2.89. The van der Waals surface area contributed by atoms with Crippen LogP contribution in [-0.2, 0) is 9.84 Å². The van der Waals surface area contributed by atoms with Crippen molar-refractivity contribution in [2.45, 2.75) is 28.7 Å². The number of hydrogen-bond acceptors (Lipinski definition) is 4. The molecule has 1 aromatic heterocycles. The summed E-state index contributed by atoms with van der Waals surface area (Å²) in [5.74, 6) is 0.150. The minimum Gasteiger partial charge on any atom is -0.330 e. The summed E-state index contributed by atoms with van der Waals surface area (Å²) in [6.07, 6.45) is 2.70. The van der Waals surface area contributed by atoms with Gasteiger partial charge in [0.05, 0.1) is 5.25 Å². The van der Waals surface area contributed by atoms with Crippen molar-refractivity contribution in [1.29, 1.82) is 0 Å². The molecule has 1 heterocycles. The third kappa shape index (κ3) is 1.96. The van der Waals surface area contributed by atoms with Crippen molar-refractivity contribution >= 4 is 21.2 Å². The molecule has 1 saturated carbocycles. The quantitative estimate of drug-likeness (QED) is 0.881. The van der Waals surface area contributed by atoms with Crippen molar-refractivity contribution in [3.05, 3.63) is 17.5 Å². The molecule has 1 aliphatic rings. The van der Waals surface area contributed by atoms with E-state index in [9.17, 15) is 8.42 Å². The second-order valence-electron chi connectivity index (χ2n) is 3.94. The number of thiophene rings is 1. The maximum absolute atomic E-state index is 12.2. The summed E-state index contributed by atoms with van der Waals surface area (Å²) in [4.78, 5) is 0. The minimum atomic E-state index is -3.12. The van der Waals surface area contributed by atoms with Gasteiger partial charge >= 0.3 is 0 Å². The Morgan fingerprint density at radius 1 is 1.47 bits per heavy atom. The average molecular weight is 245 g/mol. The van der Waals surface area contributed by atoms with Gasteiger partial charge in [-0.25, -0.2) is 8.42 Å². The topological polar surface area (TPSA) is 60.2 Å². The third-order valence-electron chi connectivity index (χ3n) is 3.07. The predicted octanol–water partition coefficient (Wildman–Crippen LogP) is 1.65. The molecule has 0 spiro atoms. The van der Waals surface area contributed by atoms with Gasteiger partial charge in [-0.1, -0.05) is 12.5 Å². The summed E-state index contributed by atoms with van der Waals surface area (Å²) in [5, 5.41) is 1.56. The highest BCUT2D eigenvalue weighted by atomic mass is 32.2. The largest absolute Gasteiger partial charge is 0.330 e. The van der Waals surface area contributed by atoms with Crippen molar-refractivity contribution in [2.75, 3.05) is 6.54 Å². The zero-order valence-corrected chi connectivity index (χ0v) is 10.1. The normalized spacial score (nSPS) is 27.0. The molecule has 0 amide bonds. The van der Waals surface area contributed by atoms with Crippen molar-refractivity contribution in [2.24, 2.45) is 11.7 Å². The molecule has 15 heavy (non-hydrogen) atoms. The second kappa shape index (κ2) is 4.23. The van der Waals surface area contributed by atoms with Crippen LogP contribution < -0.4 is 5.73 Å². The lowest BCUT2D eigenvalue weighted by atomic mass is 10.1. The van der Waals surface area contributed by atoms with Crippen LogP contribution in [0.15, 0.2) is 21.7 Å². The molecule has 1 aliphatic carbocycles. The molecule has 5 heteroatoms. The Morgan fingerprint density at radius 3 is 2.87 bits per heavy atom. The number of nitrogens with two attached hydrogens (primary N) is 1. The van der Waals surface area contributed by atoms with E-state index in [2.05, 4.69) is 0 Å². The first-order chi connectivity index (χ1) is 7.16. The Bertz CT molecular complexity index is 411. The molecular formula is C10H15NO2S2. The molecule has 2 atom stereocenters. The fourth-order valence-electron chi connectivity index (χ4n) is 2.26. The van der Waals surface area contributed by atoms with E-state index in [0.717, 1.165) is 19.3 Å². The standard InChI is InChI=1S/C10H15NO2S2/c11-7-8-3-1-4-9(8)15(12,13)10-5-2-6-14-10/h2,5-6,8-9H,1,3-4,7,11H2. The molecule has 1 fully saturated rings. The van der Waals surface area contributed by atoms with Gasteiger partial charge in [-0.3, -0.25) is 0 Å². The smallest absolute Gasteiger partial charge is 0.190 e. The van der Waals surface area contributed by atoms with Gasteiger partial charge in [0, 0.05) is 0 Å². The fraction of sp³-hybridized carbons (Fsp3) is 0.600. The summed E-state index contributed by atoms with van der Waals surface area (Å²) >= 11 is 1.30. The van der Waals surface area contributed by atoms with Crippen molar-refractivity contribution in [3.8, 4) is 0 Å². The van der Waals surface area contributed by atoms with E-state index in [1.165, 1.54) is 11.3 Å². The Morgan fingerprint density at radius 2 is 2.27 bits per heavy atom. The first kappa shape index (κ1) is 11.1. The zero-order valence-electron chi connectivity index (χ0n) is 8.43. The summed E-state index contributed by atoms with van der Waals surface area (Å²) < 4.78 is 24.9. The Hall–Kier alpha value is -0.390. The van der Waals surface area contributed by atoms with E-state index in [-0.39, 0.29) is 11.2 Å².